The first kappa shape index (κ1) is 33.6. The van der Waals surface area contributed by atoms with Crippen LogP contribution in [0.3, 0.4) is 0 Å². The summed E-state index contributed by atoms with van der Waals surface area (Å²) in [4.78, 5) is 27.0. The average molecular weight is 631 g/mol. The monoisotopic (exact) mass is 630 g/mol. The second-order valence-electron chi connectivity index (χ2n) is 12.3. The number of ether oxygens (including phenoxy) is 2. The summed E-state index contributed by atoms with van der Waals surface area (Å²) in [5, 5.41) is 25.3. The summed E-state index contributed by atoms with van der Waals surface area (Å²) in [6.45, 7) is 2.20. The van der Waals surface area contributed by atoms with Crippen molar-refractivity contribution in [2.45, 2.75) is 82.6 Å². The van der Waals surface area contributed by atoms with E-state index in [0.717, 1.165) is 55.3 Å². The third-order valence-corrected chi connectivity index (χ3v) is 8.58. The van der Waals surface area contributed by atoms with Gasteiger partial charge >= 0.3 is 0 Å². The number of nitrogen functional groups attached to an aromatic ring is 1. The lowest BCUT2D eigenvalue weighted by molar-refractivity contribution is -0.252. The number of likely N-dealkylation sites (tertiary alicyclic amines) is 1. The lowest BCUT2D eigenvalue weighted by atomic mass is 9.99. The molecular weight excluding hydrogens is 584 g/mol. The van der Waals surface area contributed by atoms with Crippen molar-refractivity contribution in [2.75, 3.05) is 36.0 Å². The molecule has 246 valence electrons. The summed E-state index contributed by atoms with van der Waals surface area (Å²) < 4.78 is 12.9. The smallest absolute Gasteiger partial charge is 0.224 e. The minimum atomic E-state index is -0.578. The fourth-order valence-corrected chi connectivity index (χ4v) is 5.99. The van der Waals surface area contributed by atoms with Crippen molar-refractivity contribution in [2.24, 2.45) is 0 Å². The predicted molar refractivity (Wildman–Crippen MR) is 178 cm³/mol. The Morgan fingerprint density at radius 2 is 1.52 bits per heavy atom. The Labute approximate surface area is 270 Å². The van der Waals surface area contributed by atoms with Gasteiger partial charge in [-0.05, 0) is 54.7 Å². The van der Waals surface area contributed by atoms with E-state index in [9.17, 15) is 19.8 Å². The number of hydrogen-bond acceptors (Lipinski definition) is 8. The van der Waals surface area contributed by atoms with Crippen LogP contribution < -0.4 is 16.4 Å². The van der Waals surface area contributed by atoms with Crippen molar-refractivity contribution in [3.05, 3.63) is 89.5 Å². The number of nitrogens with one attached hydrogen (secondary N) is 2. The normalized spacial score (nSPS) is 21.6. The van der Waals surface area contributed by atoms with Crippen LogP contribution in [0, 0.1) is 0 Å². The van der Waals surface area contributed by atoms with Crippen LogP contribution >= 0.6 is 0 Å². The average Bonchev–Trinajstić information content (AvgIpc) is 3.48. The van der Waals surface area contributed by atoms with Gasteiger partial charge in [-0.15, -0.1) is 0 Å². The number of carbonyl (C=O) groups excluding carboxylic acids is 2. The molecule has 6 N–H and O–H groups in total. The minimum Gasteiger partial charge on any atom is -0.397 e. The Kier molecular flexibility index (Phi) is 12.2. The largest absolute Gasteiger partial charge is 0.397 e. The van der Waals surface area contributed by atoms with Gasteiger partial charge in [0.05, 0.1) is 36.3 Å². The molecule has 0 saturated carbocycles. The number of nitrogens with two attached hydrogens (primary N) is 1. The molecular formula is C36H46N4O6. The molecule has 0 unspecified atom stereocenters. The topological polar surface area (TPSA) is 146 Å². The van der Waals surface area contributed by atoms with E-state index < -0.39 is 6.29 Å². The number of carbonyl (C=O) groups is 2. The van der Waals surface area contributed by atoms with Crippen molar-refractivity contribution >= 4 is 28.9 Å². The Morgan fingerprint density at radius 3 is 2.17 bits per heavy atom. The fraction of sp³-hybridized carbons (Fsp3) is 0.444. The van der Waals surface area contributed by atoms with Crippen LogP contribution in [0.1, 0.15) is 80.5 Å². The molecule has 3 aromatic carbocycles. The molecule has 10 heteroatoms. The Bertz CT molecular complexity index is 1420. The lowest BCUT2D eigenvalue weighted by Gasteiger charge is -2.37. The minimum absolute atomic E-state index is 0.00740. The molecule has 0 radical (unpaired) electrons. The van der Waals surface area contributed by atoms with Crippen LogP contribution in [-0.4, -0.2) is 58.8 Å². The van der Waals surface area contributed by atoms with E-state index >= 15 is 0 Å². The van der Waals surface area contributed by atoms with E-state index in [0.29, 0.717) is 49.4 Å². The van der Waals surface area contributed by atoms with Gasteiger partial charge in [0.15, 0.2) is 6.29 Å². The molecule has 3 aromatic rings. The van der Waals surface area contributed by atoms with E-state index in [1.54, 1.807) is 12.1 Å². The lowest BCUT2D eigenvalue weighted by Crippen LogP contribution is -2.38. The van der Waals surface area contributed by atoms with E-state index in [1.807, 2.05) is 60.7 Å². The first-order valence-electron chi connectivity index (χ1n) is 16.3. The molecule has 2 amide bonds. The molecule has 0 spiro atoms. The van der Waals surface area contributed by atoms with Crippen molar-refractivity contribution in [1.82, 2.24) is 4.90 Å². The van der Waals surface area contributed by atoms with Crippen LogP contribution in [-0.2, 0) is 25.7 Å². The number of rotatable bonds is 14. The van der Waals surface area contributed by atoms with Crippen LogP contribution in [0.5, 0.6) is 0 Å². The number of β-amino-alcohol motifs (C(OH)–C–C–N with tert-alkyl or cyclic N) is 1. The van der Waals surface area contributed by atoms with Crippen molar-refractivity contribution in [3.8, 4) is 0 Å². The van der Waals surface area contributed by atoms with Gasteiger partial charge in [0.25, 0.3) is 0 Å². The van der Waals surface area contributed by atoms with Crippen LogP contribution in [0.4, 0.5) is 17.1 Å². The van der Waals surface area contributed by atoms with E-state index in [2.05, 4.69) is 15.5 Å². The molecule has 2 fully saturated rings. The van der Waals surface area contributed by atoms with E-state index in [1.165, 1.54) is 0 Å². The van der Waals surface area contributed by atoms with Crippen molar-refractivity contribution < 1.29 is 29.3 Å². The first-order valence-corrected chi connectivity index (χ1v) is 16.3. The van der Waals surface area contributed by atoms with Crippen molar-refractivity contribution in [3.63, 3.8) is 0 Å². The highest BCUT2D eigenvalue weighted by Gasteiger charge is 2.34. The quantitative estimate of drug-likeness (QED) is 0.119. The molecule has 46 heavy (non-hydrogen) atoms. The highest BCUT2D eigenvalue weighted by atomic mass is 16.7. The van der Waals surface area contributed by atoms with E-state index in [-0.39, 0.29) is 36.7 Å². The van der Waals surface area contributed by atoms with Gasteiger partial charge in [0.1, 0.15) is 0 Å². The van der Waals surface area contributed by atoms with Gasteiger partial charge in [0.2, 0.25) is 11.8 Å². The SMILES string of the molecule is Nc1ccccc1NC(=O)CCCCCCC(=O)Nc1ccc([C@@H]2O[C@H](CN3CC[C@H](O)C3)C[C@H](c3ccc(CO)cc3)O2)cc1. The molecule has 5 rings (SSSR count). The maximum absolute atomic E-state index is 12.6. The number of hydrogen-bond donors (Lipinski definition) is 5. The highest BCUT2D eigenvalue weighted by Crippen LogP contribution is 2.38. The first-order chi connectivity index (χ1) is 22.4. The summed E-state index contributed by atoms with van der Waals surface area (Å²) in [6, 6.07) is 22.6. The molecule has 0 bridgehead atoms. The van der Waals surface area contributed by atoms with Crippen LogP contribution in [0.25, 0.3) is 0 Å². The fourth-order valence-electron chi connectivity index (χ4n) is 5.99. The maximum Gasteiger partial charge on any atom is 0.224 e. The van der Waals surface area contributed by atoms with Gasteiger partial charge in [0, 0.05) is 50.1 Å². The zero-order chi connectivity index (χ0) is 32.3. The number of para-hydroxylation sites is 2. The highest BCUT2D eigenvalue weighted by molar-refractivity contribution is 5.93. The molecule has 0 aromatic heterocycles. The number of aliphatic hydroxyl groups is 2. The predicted octanol–water partition coefficient (Wildman–Crippen LogP) is 5.29. The zero-order valence-corrected chi connectivity index (χ0v) is 26.3. The van der Waals surface area contributed by atoms with Crippen LogP contribution in [0.15, 0.2) is 72.8 Å². The third kappa shape index (κ3) is 9.85. The number of nitrogens with zero attached hydrogens (tertiary/aromatic N) is 1. The molecule has 4 atom stereocenters. The summed E-state index contributed by atoms with van der Waals surface area (Å²) in [5.41, 5.74) is 10.5. The van der Waals surface area contributed by atoms with Crippen molar-refractivity contribution in [1.29, 1.82) is 0 Å². The summed E-state index contributed by atoms with van der Waals surface area (Å²) in [5.74, 6) is -0.105. The van der Waals surface area contributed by atoms with Gasteiger partial charge in [-0.2, -0.15) is 0 Å². The summed E-state index contributed by atoms with van der Waals surface area (Å²) in [7, 11) is 0. The Hall–Kier alpha value is -3.80. The van der Waals surface area contributed by atoms with E-state index in [4.69, 9.17) is 15.2 Å². The second-order valence-corrected chi connectivity index (χ2v) is 12.3. The number of benzene rings is 3. The molecule has 0 aliphatic carbocycles. The molecule has 2 aliphatic heterocycles. The molecule has 2 saturated heterocycles. The second kappa shape index (κ2) is 16.7. The number of unbranched alkanes of at least 4 members (excludes halogenated alkanes) is 3. The van der Waals surface area contributed by atoms with Gasteiger partial charge in [-0.1, -0.05) is 61.4 Å². The standard InChI is InChI=1S/C36H46N4O6/c37-31-7-5-6-8-32(31)39-35(44)10-4-2-1-3-9-34(43)38-28-17-15-27(16-18-28)36-45-30(23-40-20-19-29(42)22-40)21-33(46-36)26-13-11-25(24-41)12-14-26/h5-8,11-18,29-30,33,36,41-42H,1-4,9-10,19-24,37H2,(H,38,43)(H,39,44)/t29-,30-,33+,36+/m0/s1. The molecule has 2 heterocycles. The third-order valence-electron chi connectivity index (χ3n) is 8.58. The molecule has 10 nitrogen and oxygen atoms in total. The maximum atomic E-state index is 12.6. The zero-order valence-electron chi connectivity index (χ0n) is 26.3. The number of anilines is 3. The Balaban J connectivity index is 1.07. The van der Waals surface area contributed by atoms with Gasteiger partial charge in [-0.25, -0.2) is 0 Å². The Morgan fingerprint density at radius 1 is 0.848 bits per heavy atom. The summed E-state index contributed by atoms with van der Waals surface area (Å²) in [6.07, 6.45) is 4.39. The number of aliphatic hydroxyl groups excluding tert-OH is 2. The molecule has 2 aliphatic rings. The summed E-state index contributed by atoms with van der Waals surface area (Å²) >= 11 is 0. The van der Waals surface area contributed by atoms with Gasteiger partial charge < -0.3 is 36.1 Å². The van der Waals surface area contributed by atoms with Crippen LogP contribution in [0.2, 0.25) is 0 Å². The number of amides is 2. The van der Waals surface area contributed by atoms with Gasteiger partial charge in [-0.3, -0.25) is 14.5 Å².